The van der Waals surface area contributed by atoms with E-state index in [9.17, 15) is 14.9 Å². The minimum Gasteiger partial charge on any atom is -0.462 e. The van der Waals surface area contributed by atoms with Crippen LogP contribution >= 0.6 is 0 Å². The molecule has 0 saturated heterocycles. The van der Waals surface area contributed by atoms with Crippen molar-refractivity contribution in [3.63, 3.8) is 0 Å². The predicted octanol–water partition coefficient (Wildman–Crippen LogP) is 3.33. The third-order valence-corrected chi connectivity index (χ3v) is 3.80. The van der Waals surface area contributed by atoms with Crippen LogP contribution in [0.5, 0.6) is 0 Å². The summed E-state index contributed by atoms with van der Waals surface area (Å²) in [6, 6.07) is 1.99. The van der Waals surface area contributed by atoms with Gasteiger partial charge in [-0.1, -0.05) is 27.7 Å². The molecule has 5 heteroatoms. The number of nitrogens with zero attached hydrogens (tertiary/aromatic N) is 1. The number of ether oxygens (including phenoxy) is 2. The summed E-state index contributed by atoms with van der Waals surface area (Å²) in [5.41, 5.74) is -1.23. The summed E-state index contributed by atoms with van der Waals surface area (Å²) in [4.78, 5) is 25.1. The number of rotatable bonds is 7. The van der Waals surface area contributed by atoms with E-state index in [1.165, 1.54) is 0 Å². The molecule has 0 heterocycles. The molecule has 0 aromatic heterocycles. The van der Waals surface area contributed by atoms with Crippen LogP contribution in [0.3, 0.4) is 0 Å². The largest absolute Gasteiger partial charge is 0.462 e. The maximum Gasteiger partial charge on any atom is 0.324 e. The molecule has 0 aliphatic heterocycles. The van der Waals surface area contributed by atoms with Gasteiger partial charge < -0.3 is 9.47 Å². The third-order valence-electron chi connectivity index (χ3n) is 3.80. The molecule has 22 heavy (non-hydrogen) atoms. The van der Waals surface area contributed by atoms with Gasteiger partial charge in [0, 0.05) is 0 Å². The Balaban J connectivity index is 5.97. The number of esters is 2. The summed E-state index contributed by atoms with van der Waals surface area (Å²) in [5.74, 6) is -2.87. The summed E-state index contributed by atoms with van der Waals surface area (Å²) in [7, 11) is 0. The van der Waals surface area contributed by atoms with Crippen molar-refractivity contribution in [3.05, 3.63) is 0 Å². The van der Waals surface area contributed by atoms with Gasteiger partial charge in [0.2, 0.25) is 0 Å². The Hall–Kier alpha value is -1.57. The average molecular weight is 311 g/mol. The van der Waals surface area contributed by atoms with Gasteiger partial charge in [0.1, 0.15) is 0 Å². The first-order valence-corrected chi connectivity index (χ1v) is 7.82. The Morgan fingerprint density at radius 1 is 0.864 bits per heavy atom. The fraction of sp³-hybridized carbons (Fsp3) is 0.824. The Morgan fingerprint density at radius 3 is 1.55 bits per heavy atom. The molecule has 0 aromatic rings. The highest BCUT2D eigenvalue weighted by molar-refractivity contribution is 5.88. The number of nitriles is 1. The molecule has 0 amide bonds. The molecule has 0 N–H and O–H groups in total. The van der Waals surface area contributed by atoms with Crippen LogP contribution < -0.4 is 0 Å². The number of carbonyl (C=O) groups excluding carboxylic acids is 2. The fourth-order valence-electron chi connectivity index (χ4n) is 2.89. The SMILES string of the molecule is CC(C)OC(=O)C(C#N)C(C(=O)OC(C)C)(C(C)C)C(C)C. The first kappa shape index (κ1) is 20.4. The zero-order valence-electron chi connectivity index (χ0n) is 15.0. The van der Waals surface area contributed by atoms with Gasteiger partial charge in [-0.05, 0) is 39.5 Å². The van der Waals surface area contributed by atoms with Crippen LogP contribution in [0.15, 0.2) is 0 Å². The maximum atomic E-state index is 12.8. The monoisotopic (exact) mass is 311 g/mol. The van der Waals surface area contributed by atoms with Gasteiger partial charge >= 0.3 is 11.9 Å². The van der Waals surface area contributed by atoms with E-state index in [1.807, 2.05) is 33.8 Å². The Morgan fingerprint density at radius 2 is 1.27 bits per heavy atom. The van der Waals surface area contributed by atoms with E-state index in [2.05, 4.69) is 0 Å². The first-order chi connectivity index (χ1) is 10.0. The highest BCUT2D eigenvalue weighted by atomic mass is 16.6. The van der Waals surface area contributed by atoms with E-state index >= 15 is 0 Å². The van der Waals surface area contributed by atoms with Gasteiger partial charge in [-0.15, -0.1) is 0 Å². The lowest BCUT2D eigenvalue weighted by molar-refractivity contribution is -0.179. The molecule has 1 atom stereocenters. The van der Waals surface area contributed by atoms with Crippen molar-refractivity contribution < 1.29 is 19.1 Å². The van der Waals surface area contributed by atoms with Crippen LogP contribution in [0.4, 0.5) is 0 Å². The zero-order valence-corrected chi connectivity index (χ0v) is 15.0. The molecule has 0 aliphatic rings. The highest BCUT2D eigenvalue weighted by Gasteiger charge is 2.56. The molecule has 0 aromatic carbocycles. The standard InChI is InChI=1S/C17H29NO4/c1-10(2)17(11(3)4,16(20)22-13(7)8)14(9-18)15(19)21-12(5)6/h10-14H,1-8H3. The summed E-state index contributed by atoms with van der Waals surface area (Å²) in [6.45, 7) is 14.2. The smallest absolute Gasteiger partial charge is 0.324 e. The predicted molar refractivity (Wildman–Crippen MR) is 83.7 cm³/mol. The molecule has 0 aliphatic carbocycles. The molecule has 0 fully saturated rings. The van der Waals surface area contributed by atoms with Gasteiger partial charge in [0.25, 0.3) is 0 Å². The number of hydrogen-bond acceptors (Lipinski definition) is 5. The quantitative estimate of drug-likeness (QED) is 0.674. The van der Waals surface area contributed by atoms with E-state index in [0.717, 1.165) is 0 Å². The summed E-state index contributed by atoms with van der Waals surface area (Å²) >= 11 is 0. The van der Waals surface area contributed by atoms with Crippen LogP contribution in [0.25, 0.3) is 0 Å². The molecule has 0 saturated carbocycles. The van der Waals surface area contributed by atoms with E-state index in [1.54, 1.807) is 27.7 Å². The van der Waals surface area contributed by atoms with Crippen LogP contribution in [0.1, 0.15) is 55.4 Å². The molecule has 0 bridgehead atoms. The van der Waals surface area contributed by atoms with Crippen LogP contribution in [0, 0.1) is 34.5 Å². The van der Waals surface area contributed by atoms with Crippen LogP contribution in [-0.4, -0.2) is 24.1 Å². The molecule has 5 nitrogen and oxygen atoms in total. The van der Waals surface area contributed by atoms with Crippen molar-refractivity contribution >= 4 is 11.9 Å². The van der Waals surface area contributed by atoms with E-state index in [4.69, 9.17) is 9.47 Å². The van der Waals surface area contributed by atoms with Crippen LogP contribution in [-0.2, 0) is 19.1 Å². The van der Waals surface area contributed by atoms with Crippen molar-refractivity contribution in [1.29, 1.82) is 5.26 Å². The molecule has 0 spiro atoms. The molecule has 1 unspecified atom stereocenters. The van der Waals surface area contributed by atoms with Gasteiger partial charge in [0.15, 0.2) is 5.92 Å². The lowest BCUT2D eigenvalue weighted by Crippen LogP contribution is -2.52. The average Bonchev–Trinajstić information content (AvgIpc) is 2.32. The Kier molecular flexibility index (Phi) is 7.58. The van der Waals surface area contributed by atoms with E-state index in [0.29, 0.717) is 0 Å². The molecule has 0 radical (unpaired) electrons. The van der Waals surface area contributed by atoms with Crippen molar-refractivity contribution in [1.82, 2.24) is 0 Å². The molecule has 126 valence electrons. The zero-order chi connectivity index (χ0) is 17.7. The van der Waals surface area contributed by atoms with Gasteiger partial charge in [-0.3, -0.25) is 9.59 Å². The fourth-order valence-corrected chi connectivity index (χ4v) is 2.89. The Bertz CT molecular complexity index is 424. The number of hydrogen-bond donors (Lipinski definition) is 0. The summed E-state index contributed by atoms with van der Waals surface area (Å²) in [6.07, 6.45) is -0.661. The minimum absolute atomic E-state index is 0.247. The van der Waals surface area contributed by atoms with E-state index < -0.39 is 23.3 Å². The first-order valence-electron chi connectivity index (χ1n) is 7.82. The highest BCUT2D eigenvalue weighted by Crippen LogP contribution is 2.45. The molecular weight excluding hydrogens is 282 g/mol. The van der Waals surface area contributed by atoms with E-state index in [-0.39, 0.29) is 24.0 Å². The van der Waals surface area contributed by atoms with Crippen LogP contribution in [0.2, 0.25) is 0 Å². The van der Waals surface area contributed by atoms with Crippen molar-refractivity contribution in [3.8, 4) is 6.07 Å². The summed E-state index contributed by atoms with van der Waals surface area (Å²) < 4.78 is 10.6. The second-order valence-corrected chi connectivity index (χ2v) is 6.74. The van der Waals surface area contributed by atoms with Crippen molar-refractivity contribution in [2.75, 3.05) is 0 Å². The lowest BCUT2D eigenvalue weighted by atomic mass is 9.61. The van der Waals surface area contributed by atoms with Gasteiger partial charge in [0.05, 0.1) is 23.7 Å². The van der Waals surface area contributed by atoms with Gasteiger partial charge in [-0.2, -0.15) is 5.26 Å². The molecular formula is C17H29NO4. The minimum atomic E-state index is -1.23. The number of carbonyl (C=O) groups is 2. The maximum absolute atomic E-state index is 12.8. The van der Waals surface area contributed by atoms with Crippen molar-refractivity contribution in [2.24, 2.45) is 23.2 Å². The van der Waals surface area contributed by atoms with Gasteiger partial charge in [-0.25, -0.2) is 0 Å². The van der Waals surface area contributed by atoms with Crippen molar-refractivity contribution in [2.45, 2.75) is 67.6 Å². The normalized spacial score (nSPS) is 13.4. The summed E-state index contributed by atoms with van der Waals surface area (Å²) in [5, 5.41) is 9.57. The third kappa shape index (κ3) is 4.22. The second-order valence-electron chi connectivity index (χ2n) is 6.74. The second kappa shape index (κ2) is 8.17. The topological polar surface area (TPSA) is 76.4 Å². The molecule has 0 rings (SSSR count). The lowest BCUT2D eigenvalue weighted by Gasteiger charge is -2.41. The Labute approximate surface area is 134 Å².